The first kappa shape index (κ1) is 18.0. The van der Waals surface area contributed by atoms with Crippen molar-refractivity contribution >= 4 is 40.6 Å². The van der Waals surface area contributed by atoms with E-state index in [1.807, 2.05) is 47.5 Å². The smallest absolute Gasteiger partial charge is 0.261 e. The summed E-state index contributed by atoms with van der Waals surface area (Å²) in [4.78, 5) is 26.3. The second-order valence-corrected chi connectivity index (χ2v) is 8.47. The SMILES string of the molecule is CC(NC(=O)c1cccs1)C(=O)Nc1ccccc1SC1CCCC1. The van der Waals surface area contributed by atoms with Gasteiger partial charge in [-0.25, -0.2) is 0 Å². The first-order valence-corrected chi connectivity index (χ1v) is 10.3. The summed E-state index contributed by atoms with van der Waals surface area (Å²) in [6, 6.07) is 10.9. The Labute approximate surface area is 156 Å². The summed E-state index contributed by atoms with van der Waals surface area (Å²) in [7, 11) is 0. The van der Waals surface area contributed by atoms with Crippen molar-refractivity contribution in [3.8, 4) is 0 Å². The van der Waals surface area contributed by atoms with Crippen LogP contribution in [0.3, 0.4) is 0 Å². The van der Waals surface area contributed by atoms with E-state index in [0.717, 1.165) is 10.6 Å². The van der Waals surface area contributed by atoms with Crippen LogP contribution in [0.1, 0.15) is 42.3 Å². The molecule has 0 aliphatic heterocycles. The van der Waals surface area contributed by atoms with Crippen molar-refractivity contribution in [1.82, 2.24) is 5.32 Å². The van der Waals surface area contributed by atoms with Gasteiger partial charge in [0.05, 0.1) is 10.6 Å². The van der Waals surface area contributed by atoms with Crippen molar-refractivity contribution < 1.29 is 9.59 Å². The topological polar surface area (TPSA) is 58.2 Å². The Morgan fingerprint density at radius 1 is 1.16 bits per heavy atom. The van der Waals surface area contributed by atoms with Crippen molar-refractivity contribution in [2.24, 2.45) is 0 Å². The molecule has 132 valence electrons. The molecule has 1 aromatic carbocycles. The molecule has 0 spiro atoms. The van der Waals surface area contributed by atoms with Crippen LogP contribution in [0.15, 0.2) is 46.7 Å². The van der Waals surface area contributed by atoms with Crippen molar-refractivity contribution in [2.75, 3.05) is 5.32 Å². The van der Waals surface area contributed by atoms with E-state index in [0.29, 0.717) is 10.1 Å². The van der Waals surface area contributed by atoms with Crippen LogP contribution >= 0.6 is 23.1 Å². The van der Waals surface area contributed by atoms with E-state index < -0.39 is 6.04 Å². The average Bonchev–Trinajstić information content (AvgIpc) is 3.30. The van der Waals surface area contributed by atoms with E-state index in [1.165, 1.54) is 37.0 Å². The van der Waals surface area contributed by atoms with Crippen LogP contribution in [0.4, 0.5) is 5.69 Å². The molecule has 1 aliphatic rings. The van der Waals surface area contributed by atoms with Gasteiger partial charge in [0.25, 0.3) is 5.91 Å². The molecule has 3 rings (SSSR count). The molecule has 2 N–H and O–H groups in total. The van der Waals surface area contributed by atoms with Crippen LogP contribution < -0.4 is 10.6 Å². The van der Waals surface area contributed by atoms with Gasteiger partial charge in [0, 0.05) is 10.1 Å². The normalized spacial score (nSPS) is 15.7. The first-order valence-electron chi connectivity index (χ1n) is 8.54. The maximum absolute atomic E-state index is 12.5. The monoisotopic (exact) mass is 374 g/mol. The van der Waals surface area contributed by atoms with Gasteiger partial charge in [-0.05, 0) is 43.3 Å². The summed E-state index contributed by atoms with van der Waals surface area (Å²) in [6.07, 6.45) is 5.05. The van der Waals surface area contributed by atoms with Gasteiger partial charge in [-0.15, -0.1) is 23.1 Å². The number of carbonyl (C=O) groups is 2. The van der Waals surface area contributed by atoms with Crippen LogP contribution in [0.2, 0.25) is 0 Å². The number of anilines is 1. The molecule has 0 saturated heterocycles. The molecule has 4 nitrogen and oxygen atoms in total. The zero-order chi connectivity index (χ0) is 17.6. The van der Waals surface area contributed by atoms with E-state index in [-0.39, 0.29) is 11.8 Å². The molecular weight excluding hydrogens is 352 g/mol. The molecule has 25 heavy (non-hydrogen) atoms. The summed E-state index contributed by atoms with van der Waals surface area (Å²) in [6.45, 7) is 1.70. The number of carbonyl (C=O) groups excluding carboxylic acids is 2. The highest BCUT2D eigenvalue weighted by Gasteiger charge is 2.20. The molecule has 1 unspecified atom stereocenters. The minimum Gasteiger partial charge on any atom is -0.340 e. The Hall–Kier alpha value is -1.79. The van der Waals surface area contributed by atoms with Crippen LogP contribution in [0.5, 0.6) is 0 Å². The van der Waals surface area contributed by atoms with Crippen molar-refractivity contribution in [2.45, 2.75) is 48.8 Å². The second-order valence-electron chi connectivity index (χ2n) is 6.18. The minimum absolute atomic E-state index is 0.204. The van der Waals surface area contributed by atoms with E-state index >= 15 is 0 Å². The zero-order valence-electron chi connectivity index (χ0n) is 14.2. The lowest BCUT2D eigenvalue weighted by Gasteiger charge is -2.17. The number of hydrogen-bond acceptors (Lipinski definition) is 4. The number of nitrogens with one attached hydrogen (secondary N) is 2. The largest absolute Gasteiger partial charge is 0.340 e. The predicted molar refractivity (Wildman–Crippen MR) is 104 cm³/mol. The van der Waals surface area contributed by atoms with Gasteiger partial charge in [0.15, 0.2) is 0 Å². The summed E-state index contributed by atoms with van der Waals surface area (Å²) >= 11 is 3.20. The van der Waals surface area contributed by atoms with Gasteiger partial charge in [0.1, 0.15) is 6.04 Å². The molecule has 0 bridgehead atoms. The fourth-order valence-corrected chi connectivity index (χ4v) is 4.80. The Morgan fingerprint density at radius 3 is 2.64 bits per heavy atom. The van der Waals surface area contributed by atoms with E-state index in [9.17, 15) is 9.59 Å². The lowest BCUT2D eigenvalue weighted by Crippen LogP contribution is -2.41. The van der Waals surface area contributed by atoms with E-state index in [1.54, 1.807) is 13.0 Å². The van der Waals surface area contributed by atoms with Crippen LogP contribution in [-0.4, -0.2) is 23.1 Å². The molecule has 1 aromatic heterocycles. The lowest BCUT2D eigenvalue weighted by atomic mass is 10.2. The highest BCUT2D eigenvalue weighted by Crippen LogP contribution is 2.38. The number of thiophene rings is 1. The summed E-state index contributed by atoms with van der Waals surface area (Å²) in [5.74, 6) is -0.421. The summed E-state index contributed by atoms with van der Waals surface area (Å²) in [5, 5.41) is 8.19. The molecule has 1 atom stereocenters. The third-order valence-corrected chi connectivity index (χ3v) is 6.51. The number of benzene rings is 1. The maximum atomic E-state index is 12.5. The fourth-order valence-electron chi connectivity index (χ4n) is 2.84. The molecule has 1 aliphatic carbocycles. The number of rotatable bonds is 6. The number of amides is 2. The zero-order valence-corrected chi connectivity index (χ0v) is 15.8. The minimum atomic E-state index is -0.598. The van der Waals surface area contributed by atoms with Gasteiger partial charge in [-0.2, -0.15) is 0 Å². The third kappa shape index (κ3) is 4.86. The third-order valence-electron chi connectivity index (χ3n) is 4.23. The number of hydrogen-bond donors (Lipinski definition) is 2. The van der Waals surface area contributed by atoms with Gasteiger partial charge in [-0.3, -0.25) is 9.59 Å². The Kier molecular flexibility index (Phi) is 6.15. The second kappa shape index (κ2) is 8.54. The molecule has 1 heterocycles. The van der Waals surface area contributed by atoms with Crippen LogP contribution in [0, 0.1) is 0 Å². The molecule has 2 amide bonds. The van der Waals surface area contributed by atoms with Crippen molar-refractivity contribution in [3.63, 3.8) is 0 Å². The van der Waals surface area contributed by atoms with Gasteiger partial charge in [0.2, 0.25) is 5.91 Å². The standard InChI is InChI=1S/C19H22N2O2S2/c1-13(20-19(23)17-11-6-12-24-17)18(22)21-15-9-4-5-10-16(15)25-14-7-2-3-8-14/h4-6,9-14H,2-3,7-8H2,1H3,(H,20,23)(H,21,22). The van der Waals surface area contributed by atoms with Crippen molar-refractivity contribution in [3.05, 3.63) is 46.7 Å². The summed E-state index contributed by atoms with van der Waals surface area (Å²) < 4.78 is 0. The quantitative estimate of drug-likeness (QED) is 0.780. The number of para-hydroxylation sites is 1. The number of thioether (sulfide) groups is 1. The van der Waals surface area contributed by atoms with E-state index in [4.69, 9.17) is 0 Å². The Bertz CT molecular complexity index is 725. The maximum Gasteiger partial charge on any atom is 0.261 e. The van der Waals surface area contributed by atoms with Crippen LogP contribution in [-0.2, 0) is 4.79 Å². The average molecular weight is 375 g/mol. The molecule has 6 heteroatoms. The van der Waals surface area contributed by atoms with E-state index in [2.05, 4.69) is 10.6 Å². The van der Waals surface area contributed by atoms with Gasteiger partial charge >= 0.3 is 0 Å². The fraction of sp³-hybridized carbons (Fsp3) is 0.368. The molecule has 0 radical (unpaired) electrons. The Balaban J connectivity index is 1.61. The highest BCUT2D eigenvalue weighted by atomic mass is 32.2. The first-order chi connectivity index (χ1) is 12.1. The van der Waals surface area contributed by atoms with Gasteiger partial charge in [-0.1, -0.05) is 31.0 Å². The molecule has 1 fully saturated rings. The lowest BCUT2D eigenvalue weighted by molar-refractivity contribution is -0.117. The summed E-state index contributed by atoms with van der Waals surface area (Å²) in [5.41, 5.74) is 0.821. The molecular formula is C19H22N2O2S2. The van der Waals surface area contributed by atoms with Crippen molar-refractivity contribution in [1.29, 1.82) is 0 Å². The predicted octanol–water partition coefficient (Wildman–Crippen LogP) is 4.54. The van der Waals surface area contributed by atoms with Gasteiger partial charge < -0.3 is 10.6 Å². The van der Waals surface area contributed by atoms with Crippen LogP contribution in [0.25, 0.3) is 0 Å². The Morgan fingerprint density at radius 2 is 1.92 bits per heavy atom. The highest BCUT2D eigenvalue weighted by molar-refractivity contribution is 8.00. The molecule has 2 aromatic rings. The molecule has 1 saturated carbocycles.